The van der Waals surface area contributed by atoms with Crippen LogP contribution in [0.3, 0.4) is 0 Å². The zero-order chi connectivity index (χ0) is 21.5. The van der Waals surface area contributed by atoms with Crippen LogP contribution in [0.1, 0.15) is 16.7 Å². The predicted molar refractivity (Wildman–Crippen MR) is 119 cm³/mol. The number of nitrogens with zero attached hydrogens (tertiary/aromatic N) is 1. The second-order valence-corrected chi connectivity index (χ2v) is 7.44. The highest BCUT2D eigenvalue weighted by Gasteiger charge is 2.34. The van der Waals surface area contributed by atoms with Crippen molar-refractivity contribution < 1.29 is 19.1 Å². The molecule has 0 radical (unpaired) electrons. The zero-order valence-corrected chi connectivity index (χ0v) is 17.4. The fourth-order valence-electron chi connectivity index (χ4n) is 3.00. The summed E-state index contributed by atoms with van der Waals surface area (Å²) in [5.41, 5.74) is 2.63. The lowest BCUT2D eigenvalue weighted by Gasteiger charge is -2.16. The Morgan fingerprint density at radius 2 is 2.00 bits per heavy atom. The molecule has 1 saturated heterocycles. The van der Waals surface area contributed by atoms with Crippen molar-refractivity contribution in [2.24, 2.45) is 0 Å². The molecule has 0 unspecified atom stereocenters. The summed E-state index contributed by atoms with van der Waals surface area (Å²) >= 11 is 0.872. The van der Waals surface area contributed by atoms with E-state index in [1.165, 1.54) is 0 Å². The minimum Gasteiger partial charge on any atom is -0.493 e. The van der Waals surface area contributed by atoms with E-state index in [0.717, 1.165) is 33.4 Å². The minimum atomic E-state index is -0.392. The Hall–Kier alpha value is -3.43. The molecule has 0 atom stereocenters. The SMILES string of the molecule is C#CCN1C(=O)SC(=Cc2cc(CC=C)c(OCc3ccccc3)c(OC)c2)C1=O. The van der Waals surface area contributed by atoms with Crippen molar-refractivity contribution in [2.75, 3.05) is 13.7 Å². The number of benzene rings is 2. The Kier molecular flexibility index (Phi) is 6.99. The lowest BCUT2D eigenvalue weighted by molar-refractivity contribution is -0.122. The van der Waals surface area contributed by atoms with E-state index < -0.39 is 5.91 Å². The summed E-state index contributed by atoms with van der Waals surface area (Å²) in [6, 6.07) is 13.5. The van der Waals surface area contributed by atoms with E-state index in [-0.39, 0.29) is 11.8 Å². The van der Waals surface area contributed by atoms with Gasteiger partial charge < -0.3 is 9.47 Å². The van der Waals surface area contributed by atoms with Gasteiger partial charge >= 0.3 is 0 Å². The smallest absolute Gasteiger partial charge is 0.294 e. The molecular formula is C24H21NO4S. The Morgan fingerprint density at radius 1 is 1.23 bits per heavy atom. The maximum atomic E-state index is 12.4. The van der Waals surface area contributed by atoms with Crippen LogP contribution in [0.15, 0.2) is 60.0 Å². The number of terminal acetylenes is 1. The van der Waals surface area contributed by atoms with Crippen LogP contribution in [0, 0.1) is 12.3 Å². The standard InChI is InChI=1S/C24H21NO4S/c1-4-9-19-13-18(15-21-23(26)25(12-5-2)24(27)30-21)14-20(28-3)22(19)29-16-17-10-7-6-8-11-17/h2,4,6-8,10-11,13-15H,1,9,12,16H2,3H3. The van der Waals surface area contributed by atoms with Crippen molar-refractivity contribution in [3.63, 3.8) is 0 Å². The summed E-state index contributed by atoms with van der Waals surface area (Å²) < 4.78 is 11.6. The van der Waals surface area contributed by atoms with Crippen LogP contribution >= 0.6 is 11.8 Å². The lowest BCUT2D eigenvalue weighted by atomic mass is 10.0. The molecule has 1 aliphatic rings. The largest absolute Gasteiger partial charge is 0.493 e. The number of amides is 2. The molecule has 6 heteroatoms. The molecule has 0 N–H and O–H groups in total. The number of carbonyl (C=O) groups excluding carboxylic acids is 2. The van der Waals surface area contributed by atoms with E-state index in [4.69, 9.17) is 15.9 Å². The first kappa shape index (κ1) is 21.3. The topological polar surface area (TPSA) is 55.8 Å². The second-order valence-electron chi connectivity index (χ2n) is 6.45. The summed E-state index contributed by atoms with van der Waals surface area (Å²) in [4.78, 5) is 25.8. The van der Waals surface area contributed by atoms with Gasteiger partial charge in [0.25, 0.3) is 11.1 Å². The molecule has 1 heterocycles. The maximum absolute atomic E-state index is 12.4. The number of imide groups is 1. The Morgan fingerprint density at radius 3 is 2.67 bits per heavy atom. The molecule has 0 saturated carbocycles. The van der Waals surface area contributed by atoms with Gasteiger partial charge in [0.15, 0.2) is 11.5 Å². The molecule has 1 aliphatic heterocycles. The molecule has 2 aromatic carbocycles. The van der Waals surface area contributed by atoms with Gasteiger partial charge in [-0.2, -0.15) is 0 Å². The summed E-state index contributed by atoms with van der Waals surface area (Å²) in [5.74, 6) is 3.10. The first-order valence-electron chi connectivity index (χ1n) is 9.24. The molecule has 1 fully saturated rings. The van der Waals surface area contributed by atoms with Crippen LogP contribution in [-0.2, 0) is 17.8 Å². The molecule has 2 amide bonds. The van der Waals surface area contributed by atoms with Crippen LogP contribution in [0.2, 0.25) is 0 Å². The Labute approximate surface area is 180 Å². The highest BCUT2D eigenvalue weighted by molar-refractivity contribution is 8.18. The average molecular weight is 420 g/mol. The minimum absolute atomic E-state index is 0.0424. The quantitative estimate of drug-likeness (QED) is 0.354. The van der Waals surface area contributed by atoms with Crippen LogP contribution < -0.4 is 9.47 Å². The van der Waals surface area contributed by atoms with E-state index in [9.17, 15) is 9.59 Å². The first-order chi connectivity index (χ1) is 14.6. The van der Waals surface area contributed by atoms with Gasteiger partial charge in [0, 0.05) is 5.56 Å². The van der Waals surface area contributed by atoms with Crippen LogP contribution in [0.25, 0.3) is 6.08 Å². The third-order valence-electron chi connectivity index (χ3n) is 4.39. The van der Waals surface area contributed by atoms with E-state index in [1.807, 2.05) is 36.4 Å². The van der Waals surface area contributed by atoms with Crippen molar-refractivity contribution in [2.45, 2.75) is 13.0 Å². The van der Waals surface area contributed by atoms with Crippen molar-refractivity contribution in [3.8, 4) is 23.8 Å². The van der Waals surface area contributed by atoms with E-state index in [1.54, 1.807) is 25.3 Å². The summed E-state index contributed by atoms with van der Waals surface area (Å²) in [5, 5.41) is -0.370. The van der Waals surface area contributed by atoms with E-state index in [2.05, 4.69) is 12.5 Å². The van der Waals surface area contributed by atoms with E-state index >= 15 is 0 Å². The molecule has 3 rings (SSSR count). The third kappa shape index (κ3) is 4.76. The normalized spacial score (nSPS) is 14.7. The molecule has 30 heavy (non-hydrogen) atoms. The van der Waals surface area contributed by atoms with Crippen LogP contribution in [-0.4, -0.2) is 29.7 Å². The number of methoxy groups -OCH3 is 1. The summed E-state index contributed by atoms with van der Waals surface area (Å²) in [6.45, 7) is 4.17. The predicted octanol–water partition coefficient (Wildman–Crippen LogP) is 4.67. The molecule has 2 aromatic rings. The number of hydrogen-bond acceptors (Lipinski definition) is 5. The average Bonchev–Trinajstić information content (AvgIpc) is 3.01. The van der Waals surface area contributed by atoms with Gasteiger partial charge in [0.05, 0.1) is 18.6 Å². The molecular weight excluding hydrogens is 398 g/mol. The number of thioether (sulfide) groups is 1. The summed E-state index contributed by atoms with van der Waals surface area (Å²) in [7, 11) is 1.56. The van der Waals surface area contributed by atoms with E-state index in [0.29, 0.717) is 29.4 Å². The third-order valence-corrected chi connectivity index (χ3v) is 5.29. The number of carbonyl (C=O) groups is 2. The highest BCUT2D eigenvalue weighted by atomic mass is 32.2. The number of allylic oxidation sites excluding steroid dienone is 1. The first-order valence-corrected chi connectivity index (χ1v) is 10.1. The second kappa shape index (κ2) is 9.86. The molecule has 152 valence electrons. The van der Waals surface area contributed by atoms with Gasteiger partial charge in [-0.15, -0.1) is 13.0 Å². The molecule has 0 bridgehead atoms. The van der Waals surface area contributed by atoms with Gasteiger partial charge in [0.1, 0.15) is 6.61 Å². The fraction of sp³-hybridized carbons (Fsp3) is 0.167. The van der Waals surface area contributed by atoms with Gasteiger partial charge in [-0.05, 0) is 47.5 Å². The number of ether oxygens (including phenoxy) is 2. The fourth-order valence-corrected chi connectivity index (χ4v) is 3.84. The molecule has 0 spiro atoms. The number of hydrogen-bond donors (Lipinski definition) is 0. The maximum Gasteiger partial charge on any atom is 0.294 e. The van der Waals surface area contributed by atoms with Crippen LogP contribution in [0.5, 0.6) is 11.5 Å². The Bertz CT molecular complexity index is 1040. The van der Waals surface area contributed by atoms with Gasteiger partial charge in [-0.3, -0.25) is 14.5 Å². The van der Waals surface area contributed by atoms with Crippen molar-refractivity contribution in [1.82, 2.24) is 4.90 Å². The monoisotopic (exact) mass is 419 g/mol. The highest BCUT2D eigenvalue weighted by Crippen LogP contribution is 2.37. The van der Waals surface area contributed by atoms with Gasteiger partial charge in [-0.1, -0.05) is 42.3 Å². The molecule has 5 nitrogen and oxygen atoms in total. The lowest BCUT2D eigenvalue weighted by Crippen LogP contribution is -2.28. The molecule has 0 aliphatic carbocycles. The number of rotatable bonds is 8. The summed E-state index contributed by atoms with van der Waals surface area (Å²) in [6.07, 6.45) is 9.24. The van der Waals surface area contributed by atoms with Crippen molar-refractivity contribution in [1.29, 1.82) is 0 Å². The van der Waals surface area contributed by atoms with Gasteiger partial charge in [0.2, 0.25) is 0 Å². The molecule has 0 aromatic heterocycles. The van der Waals surface area contributed by atoms with Crippen molar-refractivity contribution >= 4 is 29.0 Å². The van der Waals surface area contributed by atoms with Crippen LogP contribution in [0.4, 0.5) is 4.79 Å². The van der Waals surface area contributed by atoms with Crippen molar-refractivity contribution in [3.05, 3.63) is 76.7 Å². The van der Waals surface area contributed by atoms with Gasteiger partial charge in [-0.25, -0.2) is 0 Å². The zero-order valence-electron chi connectivity index (χ0n) is 16.6. The Balaban J connectivity index is 1.93.